The van der Waals surface area contributed by atoms with Gasteiger partial charge in [0.25, 0.3) is 0 Å². The largest absolute Gasteiger partial charge is 0.342 e. The van der Waals surface area contributed by atoms with Gasteiger partial charge in [-0.3, -0.25) is 4.79 Å². The number of benzene rings is 2. The Morgan fingerprint density at radius 3 is 2.41 bits per heavy atom. The molecule has 0 unspecified atom stereocenters. The zero-order valence-corrected chi connectivity index (χ0v) is 20.2. The molecule has 0 spiro atoms. The molecule has 2 aliphatic heterocycles. The van der Waals surface area contributed by atoms with Crippen LogP contribution >= 0.6 is 23.2 Å². The Balaban J connectivity index is 1.37. The topological polar surface area (TPSA) is 57.7 Å². The fourth-order valence-corrected chi connectivity index (χ4v) is 7.00. The molecule has 2 aliphatic rings. The number of nitrogens with zero attached hydrogens (tertiary/aromatic N) is 2. The lowest BCUT2D eigenvalue weighted by Gasteiger charge is -2.37. The third-order valence-electron chi connectivity index (χ3n) is 6.54. The standard InChI is InChI=1S/C24H28Cl2N2O3S/c25-21-8-9-22(26)23(16-21)32(30,31)28-12-4-7-20(17-28)24(29)27-13-10-19(11-14-27)15-18-5-2-1-3-6-18/h1-3,5-6,8-9,16,19-20H,4,7,10-15,17H2/t20-/m1/s1. The highest BCUT2D eigenvalue weighted by atomic mass is 35.5. The molecule has 0 saturated carbocycles. The number of hydrogen-bond acceptors (Lipinski definition) is 3. The normalized spacial score (nSPS) is 20.9. The first kappa shape index (κ1) is 23.6. The van der Waals surface area contributed by atoms with E-state index in [0.717, 1.165) is 32.4 Å². The van der Waals surface area contributed by atoms with Gasteiger partial charge in [-0.25, -0.2) is 8.42 Å². The van der Waals surface area contributed by atoms with Crippen molar-refractivity contribution in [3.05, 3.63) is 64.1 Å². The van der Waals surface area contributed by atoms with Crippen LogP contribution in [-0.4, -0.2) is 49.7 Å². The zero-order valence-electron chi connectivity index (χ0n) is 17.9. The van der Waals surface area contributed by atoms with Crippen LogP contribution in [0.4, 0.5) is 0 Å². The molecule has 2 fully saturated rings. The summed E-state index contributed by atoms with van der Waals surface area (Å²) in [7, 11) is -3.81. The number of rotatable bonds is 5. The monoisotopic (exact) mass is 494 g/mol. The van der Waals surface area contributed by atoms with E-state index in [2.05, 4.69) is 24.3 Å². The summed E-state index contributed by atoms with van der Waals surface area (Å²) in [5, 5.41) is 0.458. The number of hydrogen-bond donors (Lipinski definition) is 0. The second-order valence-electron chi connectivity index (χ2n) is 8.74. The average Bonchev–Trinajstić information content (AvgIpc) is 2.81. The summed E-state index contributed by atoms with van der Waals surface area (Å²) in [6.07, 6.45) is 4.36. The van der Waals surface area contributed by atoms with Gasteiger partial charge in [0.1, 0.15) is 4.90 Å². The van der Waals surface area contributed by atoms with E-state index >= 15 is 0 Å². The molecule has 0 bridgehead atoms. The van der Waals surface area contributed by atoms with E-state index in [0.29, 0.717) is 30.3 Å². The third-order valence-corrected chi connectivity index (χ3v) is 9.12. The first-order valence-electron chi connectivity index (χ1n) is 11.1. The quantitative estimate of drug-likeness (QED) is 0.595. The van der Waals surface area contributed by atoms with Gasteiger partial charge in [-0.2, -0.15) is 4.31 Å². The lowest BCUT2D eigenvalue weighted by atomic mass is 9.89. The van der Waals surface area contributed by atoms with Crippen molar-refractivity contribution in [2.75, 3.05) is 26.2 Å². The molecule has 172 valence electrons. The Morgan fingerprint density at radius 2 is 1.69 bits per heavy atom. The molecule has 1 atom stereocenters. The van der Waals surface area contributed by atoms with Crippen molar-refractivity contribution in [1.82, 2.24) is 9.21 Å². The van der Waals surface area contributed by atoms with Crippen LogP contribution in [0.2, 0.25) is 10.0 Å². The SMILES string of the molecule is O=C([C@@H]1CCCN(S(=O)(=O)c2cc(Cl)ccc2Cl)C1)N1CCC(Cc2ccccc2)CC1. The number of likely N-dealkylation sites (tertiary alicyclic amines) is 1. The van der Waals surface area contributed by atoms with Gasteiger partial charge in [-0.15, -0.1) is 0 Å². The van der Waals surface area contributed by atoms with E-state index < -0.39 is 10.0 Å². The molecule has 0 aromatic heterocycles. The Bertz CT molecular complexity index is 1050. The minimum Gasteiger partial charge on any atom is -0.342 e. The Morgan fingerprint density at radius 1 is 0.969 bits per heavy atom. The van der Waals surface area contributed by atoms with E-state index in [1.54, 1.807) is 6.07 Å². The summed E-state index contributed by atoms with van der Waals surface area (Å²) >= 11 is 12.2. The van der Waals surface area contributed by atoms with Crippen LogP contribution < -0.4 is 0 Å². The van der Waals surface area contributed by atoms with Gasteiger partial charge in [0.15, 0.2) is 0 Å². The predicted octanol–water partition coefficient (Wildman–Crippen LogP) is 4.88. The molecule has 0 N–H and O–H groups in total. The molecule has 1 amide bonds. The lowest BCUT2D eigenvalue weighted by Crippen LogP contribution is -2.48. The number of carbonyl (C=O) groups excluding carboxylic acids is 1. The molecule has 8 heteroatoms. The Kier molecular flexibility index (Phi) is 7.45. The van der Waals surface area contributed by atoms with Crippen molar-refractivity contribution >= 4 is 39.1 Å². The summed E-state index contributed by atoms with van der Waals surface area (Å²) in [5.74, 6) is 0.331. The fourth-order valence-electron chi connectivity index (χ4n) is 4.74. The Labute approximate surface area is 200 Å². The number of carbonyl (C=O) groups is 1. The van der Waals surface area contributed by atoms with Crippen molar-refractivity contribution in [1.29, 1.82) is 0 Å². The van der Waals surface area contributed by atoms with Crippen LogP contribution in [0.5, 0.6) is 0 Å². The van der Waals surface area contributed by atoms with Crippen LogP contribution in [0, 0.1) is 11.8 Å². The highest BCUT2D eigenvalue weighted by Gasteiger charge is 2.36. The molecule has 0 aliphatic carbocycles. The lowest BCUT2D eigenvalue weighted by molar-refractivity contribution is -0.138. The van der Waals surface area contributed by atoms with Gasteiger partial charge >= 0.3 is 0 Å². The first-order chi connectivity index (χ1) is 15.3. The third kappa shape index (κ3) is 5.30. The fraction of sp³-hybridized carbons (Fsp3) is 0.458. The smallest absolute Gasteiger partial charge is 0.244 e. The molecule has 2 aromatic rings. The first-order valence-corrected chi connectivity index (χ1v) is 13.3. The second kappa shape index (κ2) is 10.1. The summed E-state index contributed by atoms with van der Waals surface area (Å²) in [5.41, 5.74) is 1.34. The van der Waals surface area contributed by atoms with Crippen LogP contribution in [0.1, 0.15) is 31.2 Å². The molecule has 2 aromatic carbocycles. The second-order valence-corrected chi connectivity index (χ2v) is 11.5. The van der Waals surface area contributed by atoms with Crippen molar-refractivity contribution in [3.63, 3.8) is 0 Å². The van der Waals surface area contributed by atoms with Crippen molar-refractivity contribution in [2.45, 2.75) is 37.0 Å². The number of sulfonamides is 1. The minimum atomic E-state index is -3.81. The van der Waals surface area contributed by atoms with E-state index in [1.165, 1.54) is 22.0 Å². The molecule has 4 rings (SSSR count). The molecule has 32 heavy (non-hydrogen) atoms. The van der Waals surface area contributed by atoms with E-state index in [-0.39, 0.29) is 28.3 Å². The number of amides is 1. The van der Waals surface area contributed by atoms with Crippen LogP contribution in [-0.2, 0) is 21.2 Å². The van der Waals surface area contributed by atoms with Crippen molar-refractivity contribution in [2.24, 2.45) is 11.8 Å². The maximum atomic E-state index is 13.2. The van der Waals surface area contributed by atoms with Gasteiger partial charge in [0.2, 0.25) is 15.9 Å². The number of halogens is 2. The summed E-state index contributed by atoms with van der Waals surface area (Å²) < 4.78 is 27.7. The summed E-state index contributed by atoms with van der Waals surface area (Å²) in [4.78, 5) is 15.1. The predicted molar refractivity (Wildman–Crippen MR) is 127 cm³/mol. The molecule has 2 saturated heterocycles. The zero-order chi connectivity index (χ0) is 22.7. The van der Waals surface area contributed by atoms with Gasteiger partial charge < -0.3 is 4.90 Å². The highest BCUT2D eigenvalue weighted by molar-refractivity contribution is 7.89. The molecule has 2 heterocycles. The van der Waals surface area contributed by atoms with Gasteiger partial charge in [0.05, 0.1) is 10.9 Å². The summed E-state index contributed by atoms with van der Waals surface area (Å²) in [6, 6.07) is 14.9. The summed E-state index contributed by atoms with van der Waals surface area (Å²) in [6.45, 7) is 2.04. The van der Waals surface area contributed by atoms with Crippen molar-refractivity contribution < 1.29 is 13.2 Å². The van der Waals surface area contributed by atoms with Gasteiger partial charge in [-0.1, -0.05) is 53.5 Å². The van der Waals surface area contributed by atoms with Crippen LogP contribution in [0.3, 0.4) is 0 Å². The van der Waals surface area contributed by atoms with Crippen molar-refractivity contribution in [3.8, 4) is 0 Å². The molecular formula is C24H28Cl2N2O3S. The van der Waals surface area contributed by atoms with E-state index in [4.69, 9.17) is 23.2 Å². The molecular weight excluding hydrogens is 467 g/mol. The maximum absolute atomic E-state index is 13.2. The van der Waals surface area contributed by atoms with Crippen LogP contribution in [0.25, 0.3) is 0 Å². The maximum Gasteiger partial charge on any atom is 0.244 e. The minimum absolute atomic E-state index is 0.00138. The molecule has 0 radical (unpaired) electrons. The highest BCUT2D eigenvalue weighted by Crippen LogP contribution is 2.31. The van der Waals surface area contributed by atoms with Gasteiger partial charge in [0, 0.05) is 31.2 Å². The Hall–Kier alpha value is -1.60. The molecule has 5 nitrogen and oxygen atoms in total. The van der Waals surface area contributed by atoms with E-state index in [1.807, 2.05) is 11.0 Å². The van der Waals surface area contributed by atoms with Crippen LogP contribution in [0.15, 0.2) is 53.4 Å². The average molecular weight is 495 g/mol. The number of piperidine rings is 2. The van der Waals surface area contributed by atoms with E-state index in [9.17, 15) is 13.2 Å². The van der Waals surface area contributed by atoms with Gasteiger partial charge in [-0.05, 0) is 61.8 Å².